The molecule has 1 N–H and O–H groups in total. The Hall–Kier alpha value is -2.08. The zero-order chi connectivity index (χ0) is 18.6. The van der Waals surface area contributed by atoms with Crippen molar-refractivity contribution in [1.82, 2.24) is 0 Å². The molecule has 6 nitrogen and oxygen atoms in total. The Labute approximate surface area is 148 Å². The van der Waals surface area contributed by atoms with Gasteiger partial charge in [-0.3, -0.25) is 4.79 Å². The van der Waals surface area contributed by atoms with Crippen molar-refractivity contribution in [2.24, 2.45) is 5.92 Å². The lowest BCUT2D eigenvalue weighted by atomic mass is 9.99. The highest BCUT2D eigenvalue weighted by molar-refractivity contribution is 5.99. The van der Waals surface area contributed by atoms with E-state index in [1.165, 1.54) is 7.11 Å². The van der Waals surface area contributed by atoms with Crippen LogP contribution in [0.5, 0.6) is 5.75 Å². The number of carbonyl (C=O) groups excluding carboxylic acids is 2. The molecule has 1 aliphatic carbocycles. The standard InChI is InChI=1S/C19H27NO5/c1-6-12(2)25-16-10-9-14(11-15(16)17(21)23-4)20-18(22)19(3,24-5)13-7-8-13/h9-13H,6-8H2,1-5H3,(H,20,22)/t12-,19+/m0/s1. The Balaban J connectivity index is 2.24. The highest BCUT2D eigenvalue weighted by Crippen LogP contribution is 2.42. The average molecular weight is 349 g/mol. The molecule has 6 heteroatoms. The second-order valence-electron chi connectivity index (χ2n) is 6.58. The molecule has 138 valence electrons. The minimum absolute atomic E-state index is 0.0319. The van der Waals surface area contributed by atoms with Gasteiger partial charge in [-0.25, -0.2) is 4.79 Å². The Kier molecular flexibility index (Phi) is 6.06. The second-order valence-corrected chi connectivity index (χ2v) is 6.58. The van der Waals surface area contributed by atoms with Gasteiger partial charge in [0.1, 0.15) is 16.9 Å². The Morgan fingerprint density at radius 3 is 2.52 bits per heavy atom. The zero-order valence-electron chi connectivity index (χ0n) is 15.5. The van der Waals surface area contributed by atoms with E-state index in [-0.39, 0.29) is 23.5 Å². The maximum absolute atomic E-state index is 12.6. The SMILES string of the molecule is CC[C@H](C)Oc1ccc(NC(=O)[C@](C)(OC)C2CC2)cc1C(=O)OC. The lowest BCUT2D eigenvalue weighted by molar-refractivity contribution is -0.138. The van der Waals surface area contributed by atoms with Crippen LogP contribution in [0.4, 0.5) is 5.69 Å². The van der Waals surface area contributed by atoms with Crippen molar-refractivity contribution in [3.8, 4) is 5.75 Å². The fraction of sp³-hybridized carbons (Fsp3) is 0.579. The second kappa shape index (κ2) is 7.87. The number of hydrogen-bond donors (Lipinski definition) is 1. The normalized spacial score (nSPS) is 17.3. The highest BCUT2D eigenvalue weighted by Gasteiger charge is 2.47. The molecule has 1 amide bonds. The molecule has 0 spiro atoms. The van der Waals surface area contributed by atoms with E-state index in [1.807, 2.05) is 13.8 Å². The molecule has 1 aliphatic rings. The number of hydrogen-bond acceptors (Lipinski definition) is 5. The molecular weight excluding hydrogens is 322 g/mol. The molecule has 2 atom stereocenters. The summed E-state index contributed by atoms with van der Waals surface area (Å²) in [6.45, 7) is 5.72. The lowest BCUT2D eigenvalue weighted by Crippen LogP contribution is -2.44. The number of carbonyl (C=O) groups is 2. The Morgan fingerprint density at radius 2 is 2.00 bits per heavy atom. The Bertz CT molecular complexity index is 641. The van der Waals surface area contributed by atoms with Gasteiger partial charge in [0.2, 0.25) is 0 Å². The molecule has 0 bridgehead atoms. The summed E-state index contributed by atoms with van der Waals surface area (Å²) in [5, 5.41) is 2.84. The van der Waals surface area contributed by atoms with Crippen LogP contribution in [0.25, 0.3) is 0 Å². The van der Waals surface area contributed by atoms with Gasteiger partial charge in [0.15, 0.2) is 0 Å². The number of esters is 1. The van der Waals surface area contributed by atoms with Crippen molar-refractivity contribution >= 4 is 17.6 Å². The molecule has 0 unspecified atom stereocenters. The fourth-order valence-corrected chi connectivity index (χ4v) is 2.61. The molecule has 1 fully saturated rings. The van der Waals surface area contributed by atoms with Crippen LogP contribution in [0, 0.1) is 5.92 Å². The van der Waals surface area contributed by atoms with Crippen molar-refractivity contribution in [3.63, 3.8) is 0 Å². The van der Waals surface area contributed by atoms with Gasteiger partial charge in [-0.1, -0.05) is 6.92 Å². The fourth-order valence-electron chi connectivity index (χ4n) is 2.61. The maximum atomic E-state index is 12.6. The first-order valence-corrected chi connectivity index (χ1v) is 8.61. The Morgan fingerprint density at radius 1 is 1.32 bits per heavy atom. The van der Waals surface area contributed by atoms with Gasteiger partial charge in [-0.15, -0.1) is 0 Å². The molecule has 0 saturated heterocycles. The van der Waals surface area contributed by atoms with Crippen LogP contribution in [-0.4, -0.2) is 37.8 Å². The van der Waals surface area contributed by atoms with E-state index in [0.29, 0.717) is 11.4 Å². The average Bonchev–Trinajstić information content (AvgIpc) is 3.46. The summed E-state index contributed by atoms with van der Waals surface area (Å²) < 4.78 is 16.1. The van der Waals surface area contributed by atoms with Crippen molar-refractivity contribution in [2.45, 2.75) is 51.7 Å². The van der Waals surface area contributed by atoms with E-state index < -0.39 is 11.6 Å². The van der Waals surface area contributed by atoms with Gasteiger partial charge < -0.3 is 19.5 Å². The van der Waals surface area contributed by atoms with E-state index in [1.54, 1.807) is 32.2 Å². The van der Waals surface area contributed by atoms with Crippen LogP contribution in [0.2, 0.25) is 0 Å². The molecule has 1 saturated carbocycles. The number of ether oxygens (including phenoxy) is 3. The van der Waals surface area contributed by atoms with Gasteiger partial charge in [0.25, 0.3) is 5.91 Å². The quantitative estimate of drug-likeness (QED) is 0.728. The molecule has 2 rings (SSSR count). The number of benzene rings is 1. The van der Waals surface area contributed by atoms with Gasteiger partial charge in [-0.2, -0.15) is 0 Å². The van der Waals surface area contributed by atoms with Crippen LogP contribution < -0.4 is 10.1 Å². The predicted octanol–water partition coefficient (Wildman–Crippen LogP) is 3.40. The van der Waals surface area contributed by atoms with Crippen LogP contribution in [0.15, 0.2) is 18.2 Å². The van der Waals surface area contributed by atoms with E-state index in [9.17, 15) is 9.59 Å². The molecule has 1 aromatic rings. The van der Waals surface area contributed by atoms with Gasteiger partial charge in [-0.05, 0) is 57.2 Å². The summed E-state index contributed by atoms with van der Waals surface area (Å²) in [6, 6.07) is 4.96. The topological polar surface area (TPSA) is 73.9 Å². The number of methoxy groups -OCH3 is 2. The van der Waals surface area contributed by atoms with Crippen LogP contribution in [0.1, 0.15) is 50.4 Å². The minimum atomic E-state index is -0.864. The molecule has 0 aromatic heterocycles. The first-order chi connectivity index (χ1) is 11.8. The summed E-state index contributed by atoms with van der Waals surface area (Å²) in [4.78, 5) is 24.7. The smallest absolute Gasteiger partial charge is 0.341 e. The maximum Gasteiger partial charge on any atom is 0.341 e. The number of rotatable bonds is 8. The summed E-state index contributed by atoms with van der Waals surface area (Å²) in [7, 11) is 2.86. The van der Waals surface area contributed by atoms with E-state index in [2.05, 4.69) is 5.32 Å². The number of amides is 1. The summed E-state index contributed by atoms with van der Waals surface area (Å²) in [5.74, 6) is -0.0588. The van der Waals surface area contributed by atoms with Crippen molar-refractivity contribution in [2.75, 3.05) is 19.5 Å². The third kappa shape index (κ3) is 4.31. The van der Waals surface area contributed by atoms with Gasteiger partial charge >= 0.3 is 5.97 Å². The van der Waals surface area contributed by atoms with Crippen molar-refractivity contribution < 1.29 is 23.8 Å². The first kappa shape index (κ1) is 19.2. The summed E-state index contributed by atoms with van der Waals surface area (Å²) in [6.07, 6.45) is 2.74. The third-order valence-corrected chi connectivity index (χ3v) is 4.78. The largest absolute Gasteiger partial charge is 0.490 e. The minimum Gasteiger partial charge on any atom is -0.490 e. The zero-order valence-corrected chi connectivity index (χ0v) is 15.5. The van der Waals surface area contributed by atoms with Crippen molar-refractivity contribution in [3.05, 3.63) is 23.8 Å². The van der Waals surface area contributed by atoms with Gasteiger partial charge in [0, 0.05) is 12.8 Å². The molecular formula is C19H27NO5. The van der Waals surface area contributed by atoms with E-state index >= 15 is 0 Å². The monoisotopic (exact) mass is 349 g/mol. The van der Waals surface area contributed by atoms with E-state index in [0.717, 1.165) is 19.3 Å². The molecule has 0 aliphatic heterocycles. The van der Waals surface area contributed by atoms with Gasteiger partial charge in [0.05, 0.1) is 13.2 Å². The molecule has 0 heterocycles. The summed E-state index contributed by atoms with van der Waals surface area (Å²) in [5.41, 5.74) is -0.0749. The third-order valence-electron chi connectivity index (χ3n) is 4.78. The first-order valence-electron chi connectivity index (χ1n) is 8.61. The number of nitrogens with one attached hydrogen (secondary N) is 1. The molecule has 25 heavy (non-hydrogen) atoms. The lowest BCUT2D eigenvalue weighted by Gasteiger charge is -2.27. The van der Waals surface area contributed by atoms with Crippen molar-refractivity contribution in [1.29, 1.82) is 0 Å². The molecule has 0 radical (unpaired) electrons. The highest BCUT2D eigenvalue weighted by atomic mass is 16.5. The molecule has 1 aromatic carbocycles. The van der Waals surface area contributed by atoms with Crippen LogP contribution in [0.3, 0.4) is 0 Å². The predicted molar refractivity (Wildman–Crippen MR) is 94.9 cm³/mol. The summed E-state index contributed by atoms with van der Waals surface area (Å²) >= 11 is 0. The van der Waals surface area contributed by atoms with Crippen LogP contribution in [-0.2, 0) is 14.3 Å². The van der Waals surface area contributed by atoms with E-state index in [4.69, 9.17) is 14.2 Å². The van der Waals surface area contributed by atoms with Crippen LogP contribution >= 0.6 is 0 Å². The number of anilines is 1.